The van der Waals surface area contributed by atoms with Gasteiger partial charge in [0.15, 0.2) is 0 Å². The van der Waals surface area contributed by atoms with Crippen LogP contribution < -0.4 is 5.73 Å². The maximum absolute atomic E-state index is 10.2. The number of hydrogen-bond donors (Lipinski definition) is 2. The second-order valence-electron chi connectivity index (χ2n) is 1.56. The molecule has 3 N–H and O–H groups in total. The van der Waals surface area contributed by atoms with Crippen LogP contribution in [0.25, 0.3) is 0 Å². The molecule has 0 fully saturated rings. The Labute approximate surface area is 52.1 Å². The summed E-state index contributed by atoms with van der Waals surface area (Å²) in [7, 11) is 0. The first kappa shape index (κ1) is 5.81. The van der Waals surface area contributed by atoms with Crippen molar-refractivity contribution >= 4 is 5.91 Å². The first-order chi connectivity index (χ1) is 4.29. The van der Waals surface area contributed by atoms with Gasteiger partial charge in [-0.2, -0.15) is 5.10 Å². The third-order valence-corrected chi connectivity index (χ3v) is 0.820. The van der Waals surface area contributed by atoms with Gasteiger partial charge in [0, 0.05) is 11.9 Å². The minimum absolute atomic E-state index is 0.473. The lowest BCUT2D eigenvalue weighted by Gasteiger charge is -1.85. The Morgan fingerprint density at radius 2 is 2.67 bits per heavy atom. The fraction of sp³-hybridized carbons (Fsp3) is 0. The van der Waals surface area contributed by atoms with Gasteiger partial charge in [-0.15, -0.1) is 0 Å². The van der Waals surface area contributed by atoms with Crippen molar-refractivity contribution in [1.82, 2.24) is 10.2 Å². The van der Waals surface area contributed by atoms with E-state index in [1.54, 1.807) is 12.3 Å². The molecular weight excluding hydrogens is 118 g/mol. The molecule has 47 valence electrons. The highest BCUT2D eigenvalue weighted by Crippen LogP contribution is 1.92. The summed E-state index contributed by atoms with van der Waals surface area (Å²) >= 11 is 0. The normalized spacial score (nSPS) is 9.33. The second kappa shape index (κ2) is 2.30. The van der Waals surface area contributed by atoms with Gasteiger partial charge >= 0.3 is 0 Å². The standard InChI is InChI=1S/C5H6N3O/c6-5(9)3-4-1-2-7-8-4/h1-3H,(H2,6,9)(H,7,8). The zero-order valence-corrected chi connectivity index (χ0v) is 4.66. The van der Waals surface area contributed by atoms with Crippen LogP contribution in [0.1, 0.15) is 5.69 Å². The van der Waals surface area contributed by atoms with Gasteiger partial charge in [0.2, 0.25) is 5.91 Å². The van der Waals surface area contributed by atoms with Crippen LogP contribution in [0.4, 0.5) is 0 Å². The van der Waals surface area contributed by atoms with Crippen LogP contribution in [-0.4, -0.2) is 16.1 Å². The summed E-state index contributed by atoms with van der Waals surface area (Å²) in [6.45, 7) is 0. The van der Waals surface area contributed by atoms with Gasteiger partial charge < -0.3 is 5.73 Å². The molecule has 0 saturated carbocycles. The number of nitrogens with zero attached hydrogens (tertiary/aromatic N) is 1. The molecule has 0 aromatic carbocycles. The largest absolute Gasteiger partial charge is 0.369 e. The third-order valence-electron chi connectivity index (χ3n) is 0.820. The molecule has 0 bridgehead atoms. The third kappa shape index (κ3) is 1.56. The van der Waals surface area contributed by atoms with Crippen molar-refractivity contribution in [3.8, 4) is 0 Å². The van der Waals surface area contributed by atoms with Gasteiger partial charge in [0.1, 0.15) is 0 Å². The summed E-state index contributed by atoms with van der Waals surface area (Å²) in [6.07, 6.45) is 2.82. The summed E-state index contributed by atoms with van der Waals surface area (Å²) in [5.74, 6) is -0.473. The molecule has 1 aromatic heterocycles. The van der Waals surface area contributed by atoms with Gasteiger partial charge in [-0.05, 0) is 6.07 Å². The van der Waals surface area contributed by atoms with Crippen molar-refractivity contribution in [3.63, 3.8) is 0 Å². The predicted molar refractivity (Wildman–Crippen MR) is 31.2 cm³/mol. The first-order valence-electron chi connectivity index (χ1n) is 2.42. The van der Waals surface area contributed by atoms with Crippen LogP contribution in [0.3, 0.4) is 0 Å². The molecule has 4 heteroatoms. The van der Waals surface area contributed by atoms with E-state index in [-0.39, 0.29) is 0 Å². The van der Waals surface area contributed by atoms with E-state index >= 15 is 0 Å². The van der Waals surface area contributed by atoms with Crippen molar-refractivity contribution < 1.29 is 4.79 Å². The van der Waals surface area contributed by atoms with Crippen LogP contribution in [0.2, 0.25) is 0 Å². The van der Waals surface area contributed by atoms with Gasteiger partial charge in [0.05, 0.1) is 6.42 Å². The van der Waals surface area contributed by atoms with Gasteiger partial charge in [-0.1, -0.05) is 0 Å². The Hall–Kier alpha value is -1.32. The molecule has 1 rings (SSSR count). The Morgan fingerprint density at radius 3 is 3.11 bits per heavy atom. The highest BCUT2D eigenvalue weighted by Gasteiger charge is 1.97. The predicted octanol–water partition coefficient (Wildman–Crippen LogP) is -0.553. The SMILES string of the molecule is NC(=O)[CH]c1ccn[nH]1. The Kier molecular flexibility index (Phi) is 1.48. The molecule has 1 heterocycles. The van der Waals surface area contributed by atoms with E-state index in [2.05, 4.69) is 10.2 Å². The number of primary amides is 1. The molecule has 0 aliphatic rings. The number of hydrogen-bond acceptors (Lipinski definition) is 2. The van der Waals surface area contributed by atoms with E-state index in [0.29, 0.717) is 5.69 Å². The van der Waals surface area contributed by atoms with Crippen molar-refractivity contribution in [2.75, 3.05) is 0 Å². The second-order valence-corrected chi connectivity index (χ2v) is 1.56. The molecule has 1 aromatic rings. The average Bonchev–Trinajstić information content (AvgIpc) is 2.15. The zero-order valence-electron chi connectivity index (χ0n) is 4.66. The van der Waals surface area contributed by atoms with Crippen molar-refractivity contribution in [2.24, 2.45) is 5.73 Å². The fourth-order valence-corrected chi connectivity index (χ4v) is 0.500. The fourth-order valence-electron chi connectivity index (χ4n) is 0.500. The quantitative estimate of drug-likeness (QED) is 0.555. The van der Waals surface area contributed by atoms with Gasteiger partial charge in [-0.3, -0.25) is 9.89 Å². The highest BCUT2D eigenvalue weighted by atomic mass is 16.1. The van der Waals surface area contributed by atoms with E-state index in [1.807, 2.05) is 0 Å². The van der Waals surface area contributed by atoms with Crippen molar-refractivity contribution in [2.45, 2.75) is 0 Å². The number of carbonyl (C=O) groups excluding carboxylic acids is 1. The lowest BCUT2D eigenvalue weighted by Crippen LogP contribution is -2.11. The Morgan fingerprint density at radius 1 is 1.89 bits per heavy atom. The van der Waals surface area contributed by atoms with Crippen molar-refractivity contribution in [1.29, 1.82) is 0 Å². The molecule has 0 aliphatic carbocycles. The first-order valence-corrected chi connectivity index (χ1v) is 2.42. The maximum atomic E-state index is 10.2. The van der Waals surface area contributed by atoms with E-state index < -0.39 is 5.91 Å². The lowest BCUT2D eigenvalue weighted by molar-refractivity contribution is -0.114. The monoisotopic (exact) mass is 124 g/mol. The molecule has 0 atom stereocenters. The summed E-state index contributed by atoms with van der Waals surface area (Å²) in [5, 5.41) is 6.17. The van der Waals surface area contributed by atoms with Crippen LogP contribution >= 0.6 is 0 Å². The number of aromatic nitrogens is 2. The highest BCUT2D eigenvalue weighted by molar-refractivity contribution is 5.86. The topological polar surface area (TPSA) is 71.8 Å². The summed E-state index contributed by atoms with van der Waals surface area (Å²) in [4.78, 5) is 10.2. The number of H-pyrrole nitrogens is 1. The maximum Gasteiger partial charge on any atom is 0.227 e. The molecule has 0 aliphatic heterocycles. The lowest BCUT2D eigenvalue weighted by atomic mass is 10.3. The van der Waals surface area contributed by atoms with Gasteiger partial charge in [0.25, 0.3) is 0 Å². The van der Waals surface area contributed by atoms with E-state index in [0.717, 1.165) is 0 Å². The van der Waals surface area contributed by atoms with Crippen LogP contribution in [0, 0.1) is 6.42 Å². The van der Waals surface area contributed by atoms with Crippen LogP contribution in [-0.2, 0) is 4.79 Å². The Bertz CT molecular complexity index is 192. The minimum atomic E-state index is -0.473. The smallest absolute Gasteiger partial charge is 0.227 e. The molecule has 0 spiro atoms. The van der Waals surface area contributed by atoms with Gasteiger partial charge in [-0.25, -0.2) is 0 Å². The Balaban J connectivity index is 2.58. The molecule has 0 unspecified atom stereocenters. The molecule has 0 saturated heterocycles. The number of aromatic amines is 1. The summed E-state index contributed by atoms with van der Waals surface area (Å²) in [6, 6.07) is 1.66. The van der Waals surface area contributed by atoms with E-state index in [4.69, 9.17) is 5.73 Å². The zero-order chi connectivity index (χ0) is 6.69. The molecular formula is C5H6N3O. The average molecular weight is 124 g/mol. The number of nitrogens with one attached hydrogen (secondary N) is 1. The summed E-state index contributed by atoms with van der Waals surface area (Å²) < 4.78 is 0. The van der Waals surface area contributed by atoms with E-state index in [9.17, 15) is 4.79 Å². The molecule has 1 amide bonds. The van der Waals surface area contributed by atoms with Crippen LogP contribution in [0.15, 0.2) is 12.3 Å². The molecule has 4 nitrogen and oxygen atoms in total. The van der Waals surface area contributed by atoms with Crippen LogP contribution in [0.5, 0.6) is 0 Å². The number of nitrogens with two attached hydrogens (primary N) is 1. The minimum Gasteiger partial charge on any atom is -0.369 e. The summed E-state index contributed by atoms with van der Waals surface area (Å²) in [5.41, 5.74) is 5.47. The molecule has 1 radical (unpaired) electrons. The van der Waals surface area contributed by atoms with E-state index in [1.165, 1.54) is 6.42 Å². The number of amides is 1. The number of carbonyl (C=O) groups is 1. The molecule has 9 heavy (non-hydrogen) atoms. The van der Waals surface area contributed by atoms with Crippen molar-refractivity contribution in [3.05, 3.63) is 24.4 Å². The number of rotatable bonds is 2.